The molecular weight excluding hydrogens is 272 g/mol. The second-order valence-electron chi connectivity index (χ2n) is 6.54. The van der Waals surface area contributed by atoms with E-state index in [1.165, 1.54) is 24.8 Å². The molecule has 3 nitrogen and oxygen atoms in total. The Hall–Kier alpha value is -1.61. The van der Waals surface area contributed by atoms with Gasteiger partial charge in [0, 0.05) is 18.5 Å². The number of carbonyl (C=O) groups is 1. The van der Waals surface area contributed by atoms with E-state index in [1.807, 2.05) is 13.0 Å². The van der Waals surface area contributed by atoms with E-state index >= 15 is 0 Å². The molecule has 22 heavy (non-hydrogen) atoms. The molecule has 2 rings (SSSR count). The molecule has 0 bridgehead atoms. The van der Waals surface area contributed by atoms with Gasteiger partial charge >= 0.3 is 0 Å². The van der Waals surface area contributed by atoms with Crippen molar-refractivity contribution in [3.8, 4) is 0 Å². The summed E-state index contributed by atoms with van der Waals surface area (Å²) in [6, 6.07) is 10.6. The van der Waals surface area contributed by atoms with Crippen LogP contribution in [-0.2, 0) is 10.2 Å². The van der Waals surface area contributed by atoms with Crippen molar-refractivity contribution < 1.29 is 4.79 Å². The van der Waals surface area contributed by atoms with Crippen LogP contribution in [0.3, 0.4) is 0 Å². The zero-order chi connectivity index (χ0) is 16.0. The van der Waals surface area contributed by atoms with Crippen LogP contribution >= 0.6 is 0 Å². The molecule has 0 unspecified atom stereocenters. The fourth-order valence-electron chi connectivity index (χ4n) is 3.15. The Kier molecular flexibility index (Phi) is 5.78. The third-order valence-electron chi connectivity index (χ3n) is 4.63. The first kappa shape index (κ1) is 16.8. The monoisotopic (exact) mass is 300 g/mol. The summed E-state index contributed by atoms with van der Waals surface area (Å²) in [5, 5.41) is 3.15. The van der Waals surface area contributed by atoms with E-state index in [4.69, 9.17) is 0 Å². The van der Waals surface area contributed by atoms with E-state index < -0.39 is 0 Å². The Morgan fingerprint density at radius 3 is 2.45 bits per heavy atom. The van der Waals surface area contributed by atoms with Gasteiger partial charge in [-0.2, -0.15) is 0 Å². The molecule has 1 N–H and O–H groups in total. The maximum atomic E-state index is 12.2. The Morgan fingerprint density at radius 1 is 1.27 bits per heavy atom. The predicted molar refractivity (Wildman–Crippen MR) is 91.9 cm³/mol. The highest BCUT2D eigenvalue weighted by Crippen LogP contribution is 2.43. The molecule has 1 aromatic carbocycles. The fraction of sp³-hybridized carbons (Fsp3) is 0.526. The Balaban J connectivity index is 1.88. The summed E-state index contributed by atoms with van der Waals surface area (Å²) in [7, 11) is 0. The number of carbonyl (C=O) groups excluding carboxylic acids is 1. The largest absolute Gasteiger partial charge is 0.354 e. The summed E-state index contributed by atoms with van der Waals surface area (Å²) >= 11 is 0. The zero-order valence-electron chi connectivity index (χ0n) is 13.9. The van der Waals surface area contributed by atoms with Crippen LogP contribution in [0.4, 0.5) is 0 Å². The molecule has 1 fully saturated rings. The first-order valence-electron chi connectivity index (χ1n) is 8.25. The van der Waals surface area contributed by atoms with Crippen LogP contribution in [-0.4, -0.2) is 37.0 Å². The number of likely N-dealkylation sites (N-methyl/N-ethyl adjacent to an activating group) is 1. The summed E-state index contributed by atoms with van der Waals surface area (Å²) in [5.74, 6) is 0.116. The molecule has 120 valence electrons. The minimum Gasteiger partial charge on any atom is -0.354 e. The standard InChI is InChI=1S/C19H28N2O/c1-4-21(13-16(2)3)14-18(22)20-15-19(11-8-12-19)17-9-6-5-7-10-17/h5-7,9-10H,2,4,8,11-15H2,1,3H3,(H,20,22). The van der Waals surface area contributed by atoms with Crippen LogP contribution in [0.25, 0.3) is 0 Å². The Morgan fingerprint density at radius 2 is 1.95 bits per heavy atom. The average Bonchev–Trinajstić information content (AvgIpc) is 2.46. The van der Waals surface area contributed by atoms with Crippen LogP contribution in [0, 0.1) is 0 Å². The molecule has 0 radical (unpaired) electrons. The van der Waals surface area contributed by atoms with Crippen LogP contribution in [0.2, 0.25) is 0 Å². The topological polar surface area (TPSA) is 32.3 Å². The molecular formula is C19H28N2O. The van der Waals surface area contributed by atoms with Crippen molar-refractivity contribution >= 4 is 5.91 Å². The fourth-order valence-corrected chi connectivity index (χ4v) is 3.15. The second-order valence-corrected chi connectivity index (χ2v) is 6.54. The summed E-state index contributed by atoms with van der Waals surface area (Å²) in [5.41, 5.74) is 2.60. The minimum atomic E-state index is 0.116. The molecule has 0 heterocycles. The van der Waals surface area contributed by atoms with Gasteiger partial charge in [-0.05, 0) is 31.9 Å². The molecule has 1 aromatic rings. The van der Waals surface area contributed by atoms with Crippen molar-refractivity contribution in [1.82, 2.24) is 10.2 Å². The predicted octanol–water partition coefficient (Wildman–Crippen LogP) is 3.12. The third-order valence-corrected chi connectivity index (χ3v) is 4.63. The Bertz CT molecular complexity index is 505. The van der Waals surface area contributed by atoms with Gasteiger partial charge in [0.2, 0.25) is 5.91 Å². The van der Waals surface area contributed by atoms with Crippen LogP contribution in [0.5, 0.6) is 0 Å². The van der Waals surface area contributed by atoms with Crippen LogP contribution < -0.4 is 5.32 Å². The highest BCUT2D eigenvalue weighted by molar-refractivity contribution is 5.78. The van der Waals surface area contributed by atoms with Gasteiger partial charge in [0.15, 0.2) is 0 Å². The number of hydrogen-bond acceptors (Lipinski definition) is 2. The van der Waals surface area contributed by atoms with Crippen LogP contribution in [0.15, 0.2) is 42.5 Å². The number of amides is 1. The van der Waals surface area contributed by atoms with Gasteiger partial charge in [-0.1, -0.05) is 55.8 Å². The second kappa shape index (κ2) is 7.59. The smallest absolute Gasteiger partial charge is 0.234 e. The summed E-state index contributed by atoms with van der Waals surface area (Å²) < 4.78 is 0. The quantitative estimate of drug-likeness (QED) is 0.748. The van der Waals surface area contributed by atoms with E-state index in [1.54, 1.807) is 0 Å². The molecule has 0 spiro atoms. The molecule has 3 heteroatoms. The van der Waals surface area contributed by atoms with Crippen molar-refractivity contribution in [2.24, 2.45) is 0 Å². The van der Waals surface area contributed by atoms with Gasteiger partial charge in [-0.15, -0.1) is 0 Å². The SMILES string of the molecule is C=C(C)CN(CC)CC(=O)NCC1(c2ccccc2)CCC1. The van der Waals surface area contributed by atoms with E-state index in [-0.39, 0.29) is 11.3 Å². The molecule has 0 aliphatic heterocycles. The highest BCUT2D eigenvalue weighted by Gasteiger charge is 2.38. The molecule has 0 aromatic heterocycles. The molecule has 1 aliphatic carbocycles. The number of rotatable bonds is 8. The Labute approximate surface area is 134 Å². The summed E-state index contributed by atoms with van der Waals surface area (Å²) in [4.78, 5) is 14.3. The van der Waals surface area contributed by atoms with E-state index in [2.05, 4.69) is 48.0 Å². The lowest BCUT2D eigenvalue weighted by Gasteiger charge is -2.42. The van der Waals surface area contributed by atoms with Gasteiger partial charge in [-0.3, -0.25) is 9.69 Å². The molecule has 0 atom stereocenters. The number of hydrogen-bond donors (Lipinski definition) is 1. The van der Waals surface area contributed by atoms with Crippen molar-refractivity contribution in [3.05, 3.63) is 48.0 Å². The number of nitrogens with one attached hydrogen (secondary N) is 1. The maximum absolute atomic E-state index is 12.2. The van der Waals surface area contributed by atoms with E-state index in [0.29, 0.717) is 6.54 Å². The summed E-state index contributed by atoms with van der Waals surface area (Å²) in [6.07, 6.45) is 3.59. The van der Waals surface area contributed by atoms with Gasteiger partial charge in [-0.25, -0.2) is 0 Å². The molecule has 1 amide bonds. The van der Waals surface area contributed by atoms with Gasteiger partial charge in [0.05, 0.1) is 6.54 Å². The van der Waals surface area contributed by atoms with Crippen molar-refractivity contribution in [1.29, 1.82) is 0 Å². The highest BCUT2D eigenvalue weighted by atomic mass is 16.2. The lowest BCUT2D eigenvalue weighted by atomic mass is 9.64. The van der Waals surface area contributed by atoms with Crippen LogP contribution in [0.1, 0.15) is 38.7 Å². The maximum Gasteiger partial charge on any atom is 0.234 e. The first-order chi connectivity index (χ1) is 10.6. The molecule has 1 saturated carbocycles. The normalized spacial score (nSPS) is 16.1. The van der Waals surface area contributed by atoms with E-state index in [0.717, 1.165) is 25.2 Å². The summed E-state index contributed by atoms with van der Waals surface area (Å²) in [6.45, 7) is 10.9. The average molecular weight is 300 g/mol. The van der Waals surface area contributed by atoms with Gasteiger partial charge in [0.25, 0.3) is 0 Å². The van der Waals surface area contributed by atoms with Crippen molar-refractivity contribution in [2.75, 3.05) is 26.2 Å². The number of benzene rings is 1. The van der Waals surface area contributed by atoms with E-state index in [9.17, 15) is 4.79 Å². The molecule has 1 aliphatic rings. The van der Waals surface area contributed by atoms with Gasteiger partial charge in [0.1, 0.15) is 0 Å². The zero-order valence-corrected chi connectivity index (χ0v) is 13.9. The third kappa shape index (κ3) is 4.20. The lowest BCUT2D eigenvalue weighted by molar-refractivity contribution is -0.122. The van der Waals surface area contributed by atoms with Crippen molar-refractivity contribution in [3.63, 3.8) is 0 Å². The number of nitrogens with zero attached hydrogens (tertiary/aromatic N) is 1. The first-order valence-corrected chi connectivity index (χ1v) is 8.25. The molecule has 0 saturated heterocycles. The van der Waals surface area contributed by atoms with Crippen molar-refractivity contribution in [2.45, 2.75) is 38.5 Å². The lowest BCUT2D eigenvalue weighted by Crippen LogP contribution is -2.48. The van der Waals surface area contributed by atoms with Gasteiger partial charge < -0.3 is 5.32 Å². The minimum absolute atomic E-state index is 0.116.